The van der Waals surface area contributed by atoms with E-state index in [4.69, 9.17) is 12.2 Å². The van der Waals surface area contributed by atoms with E-state index >= 15 is 0 Å². The van der Waals surface area contributed by atoms with Crippen molar-refractivity contribution in [2.24, 2.45) is 5.92 Å². The average Bonchev–Trinajstić information content (AvgIpc) is 3.05. The average molecular weight is 366 g/mol. The fourth-order valence-corrected chi connectivity index (χ4v) is 5.30. The Labute approximate surface area is 158 Å². The van der Waals surface area contributed by atoms with Crippen molar-refractivity contribution in [2.45, 2.75) is 37.8 Å². The topological polar surface area (TPSA) is 37.3 Å². The fraction of sp³-hybridized carbons (Fsp3) is 0.429. The highest BCUT2D eigenvalue weighted by Crippen LogP contribution is 2.35. The molecule has 2 aromatic rings. The van der Waals surface area contributed by atoms with Gasteiger partial charge in [-0.25, -0.2) is 0 Å². The molecule has 2 bridgehead atoms. The Morgan fingerprint density at radius 3 is 2.54 bits per heavy atom. The van der Waals surface area contributed by atoms with Crippen LogP contribution in [0.2, 0.25) is 0 Å². The van der Waals surface area contributed by atoms with Crippen molar-refractivity contribution in [3.05, 3.63) is 69.6 Å². The zero-order valence-corrected chi connectivity index (χ0v) is 15.5. The van der Waals surface area contributed by atoms with Crippen LogP contribution in [0.3, 0.4) is 0 Å². The molecule has 3 aliphatic rings. The van der Waals surface area contributed by atoms with E-state index in [1.165, 1.54) is 16.8 Å². The first kappa shape index (κ1) is 16.1. The number of likely N-dealkylation sites (tertiary alicyclic amines) is 1. The first-order chi connectivity index (χ1) is 12.7. The molecule has 1 aliphatic carbocycles. The summed E-state index contributed by atoms with van der Waals surface area (Å²) < 4.78 is 1.97. The van der Waals surface area contributed by atoms with Gasteiger partial charge in [-0.05, 0) is 54.6 Å². The lowest BCUT2D eigenvalue weighted by Crippen LogP contribution is -2.53. The number of nitrogens with one attached hydrogen (secondary N) is 1. The van der Waals surface area contributed by atoms with Crippen molar-refractivity contribution in [1.82, 2.24) is 14.8 Å². The monoisotopic (exact) mass is 365 g/mol. The maximum Gasteiger partial charge on any atom is 0.250 e. The van der Waals surface area contributed by atoms with Gasteiger partial charge < -0.3 is 14.8 Å². The summed E-state index contributed by atoms with van der Waals surface area (Å²) in [4.78, 5) is 14.5. The maximum atomic E-state index is 12.2. The van der Waals surface area contributed by atoms with E-state index in [1.807, 2.05) is 10.6 Å². The van der Waals surface area contributed by atoms with Crippen LogP contribution in [0.4, 0.5) is 0 Å². The highest BCUT2D eigenvalue weighted by molar-refractivity contribution is 7.80. The maximum absolute atomic E-state index is 12.2. The minimum Gasteiger partial charge on any atom is -0.359 e. The Kier molecular flexibility index (Phi) is 3.85. The molecule has 3 heterocycles. The van der Waals surface area contributed by atoms with Gasteiger partial charge in [-0.15, -0.1) is 0 Å². The van der Waals surface area contributed by atoms with Crippen LogP contribution in [0.5, 0.6) is 0 Å². The molecule has 2 aliphatic heterocycles. The van der Waals surface area contributed by atoms with Gasteiger partial charge in [0.1, 0.15) is 0 Å². The molecule has 0 amide bonds. The van der Waals surface area contributed by atoms with Crippen molar-refractivity contribution in [1.29, 1.82) is 0 Å². The summed E-state index contributed by atoms with van der Waals surface area (Å²) in [7, 11) is 0. The number of hydrogen-bond acceptors (Lipinski definition) is 2. The molecule has 1 aromatic heterocycles. The summed E-state index contributed by atoms with van der Waals surface area (Å²) in [5.41, 5.74) is 4.19. The smallest absolute Gasteiger partial charge is 0.250 e. The summed E-state index contributed by atoms with van der Waals surface area (Å²) in [6.07, 6.45) is 3.27. The number of pyridine rings is 1. The molecule has 4 nitrogen and oxygen atoms in total. The second-order valence-corrected chi connectivity index (χ2v) is 8.31. The molecule has 0 saturated carbocycles. The van der Waals surface area contributed by atoms with E-state index < -0.39 is 0 Å². The zero-order chi connectivity index (χ0) is 17.7. The number of aromatic nitrogens is 1. The van der Waals surface area contributed by atoms with Crippen molar-refractivity contribution >= 4 is 17.3 Å². The Hall–Kier alpha value is -2.14. The van der Waals surface area contributed by atoms with Crippen LogP contribution < -0.4 is 10.9 Å². The molecule has 0 unspecified atom stereocenters. The quantitative estimate of drug-likeness (QED) is 0.787. The zero-order valence-electron chi connectivity index (χ0n) is 14.7. The van der Waals surface area contributed by atoms with Gasteiger partial charge in [-0.2, -0.15) is 0 Å². The summed E-state index contributed by atoms with van der Waals surface area (Å²) >= 11 is 5.77. The van der Waals surface area contributed by atoms with Gasteiger partial charge in [0.25, 0.3) is 5.56 Å². The van der Waals surface area contributed by atoms with E-state index in [-0.39, 0.29) is 5.56 Å². The van der Waals surface area contributed by atoms with E-state index in [0.717, 1.165) is 44.0 Å². The van der Waals surface area contributed by atoms with Crippen LogP contribution in [0.1, 0.15) is 29.2 Å². The molecule has 5 rings (SSSR count). The number of piperidine rings is 1. The molecule has 1 saturated heterocycles. The van der Waals surface area contributed by atoms with E-state index in [0.29, 0.717) is 17.9 Å². The molecule has 2 atom stereocenters. The minimum atomic E-state index is 0.134. The summed E-state index contributed by atoms with van der Waals surface area (Å²) in [5, 5.41) is 4.49. The predicted octanol–water partition coefficient (Wildman–Crippen LogP) is 2.31. The lowest BCUT2D eigenvalue weighted by molar-refractivity contribution is 0.176. The first-order valence-corrected chi connectivity index (χ1v) is 9.90. The van der Waals surface area contributed by atoms with Gasteiger partial charge in [-0.3, -0.25) is 4.79 Å². The number of benzene rings is 1. The van der Waals surface area contributed by atoms with E-state index in [1.54, 1.807) is 6.07 Å². The fourth-order valence-electron chi connectivity index (χ4n) is 4.99. The second kappa shape index (κ2) is 6.23. The van der Waals surface area contributed by atoms with Gasteiger partial charge in [0.15, 0.2) is 5.11 Å². The summed E-state index contributed by atoms with van der Waals surface area (Å²) in [5.74, 6) is 0.902. The Balaban J connectivity index is 1.29. The Morgan fingerprint density at radius 2 is 1.77 bits per heavy atom. The van der Waals surface area contributed by atoms with Crippen molar-refractivity contribution in [3.8, 4) is 0 Å². The molecule has 1 fully saturated rings. The molecule has 1 aromatic carbocycles. The number of hydrogen-bond donors (Lipinski definition) is 1. The van der Waals surface area contributed by atoms with Crippen molar-refractivity contribution < 1.29 is 0 Å². The number of rotatable bonds is 1. The molecule has 26 heavy (non-hydrogen) atoms. The molecule has 1 N–H and O–H groups in total. The standard InChI is InChI=1S/C21H23N3OS/c25-20-7-3-6-19-17-8-14(12-24(19)20)11-23(13-17)21(26)22-18-9-15-4-1-2-5-16(15)10-18/h1-7,14,17-18H,8-13H2,(H,22,26)/t14-,17+/m1/s1. The van der Waals surface area contributed by atoms with Gasteiger partial charge >= 0.3 is 0 Å². The van der Waals surface area contributed by atoms with Crippen LogP contribution >= 0.6 is 12.2 Å². The van der Waals surface area contributed by atoms with Crippen molar-refractivity contribution in [2.75, 3.05) is 13.1 Å². The molecule has 0 radical (unpaired) electrons. The summed E-state index contributed by atoms with van der Waals surface area (Å²) in [6, 6.07) is 14.7. The van der Waals surface area contributed by atoms with Crippen molar-refractivity contribution in [3.63, 3.8) is 0 Å². The Morgan fingerprint density at radius 1 is 1.00 bits per heavy atom. The molecule has 5 heteroatoms. The van der Waals surface area contributed by atoms with Gasteiger partial charge in [-0.1, -0.05) is 30.3 Å². The van der Waals surface area contributed by atoms with Crippen LogP contribution in [-0.2, 0) is 19.4 Å². The van der Waals surface area contributed by atoms with E-state index in [2.05, 4.69) is 40.5 Å². The predicted molar refractivity (Wildman–Crippen MR) is 106 cm³/mol. The third-order valence-electron chi connectivity index (χ3n) is 6.15. The number of nitrogens with zero attached hydrogens (tertiary/aromatic N) is 2. The largest absolute Gasteiger partial charge is 0.359 e. The first-order valence-electron chi connectivity index (χ1n) is 9.49. The van der Waals surface area contributed by atoms with Gasteiger partial charge in [0, 0.05) is 43.4 Å². The molecule has 0 spiro atoms. The molecule has 134 valence electrons. The van der Waals surface area contributed by atoms with E-state index in [9.17, 15) is 4.79 Å². The lowest BCUT2D eigenvalue weighted by Gasteiger charge is -2.44. The normalized spacial score (nSPS) is 24.1. The van der Waals surface area contributed by atoms with Crippen LogP contribution in [-0.4, -0.2) is 33.7 Å². The van der Waals surface area contributed by atoms with Crippen LogP contribution in [0, 0.1) is 5.92 Å². The highest BCUT2D eigenvalue weighted by Gasteiger charge is 2.35. The highest BCUT2D eigenvalue weighted by atomic mass is 32.1. The third kappa shape index (κ3) is 2.75. The lowest BCUT2D eigenvalue weighted by atomic mass is 9.83. The SMILES string of the molecule is O=c1cccc2n1C[C@@H]1C[C@H]2CN(C(=S)NC2Cc3ccccc3C2)C1. The van der Waals surface area contributed by atoms with Crippen LogP contribution in [0.15, 0.2) is 47.3 Å². The number of fused-ring (bicyclic) bond motifs is 5. The van der Waals surface area contributed by atoms with Gasteiger partial charge in [0.2, 0.25) is 0 Å². The molecular weight excluding hydrogens is 342 g/mol. The van der Waals surface area contributed by atoms with Gasteiger partial charge in [0.05, 0.1) is 0 Å². The Bertz CT molecular complexity index is 896. The number of thiocarbonyl (C=S) groups is 1. The third-order valence-corrected chi connectivity index (χ3v) is 6.52. The summed E-state index contributed by atoms with van der Waals surface area (Å²) in [6.45, 7) is 2.67. The molecular formula is C21H23N3OS. The van der Waals surface area contributed by atoms with Crippen LogP contribution in [0.25, 0.3) is 0 Å². The second-order valence-electron chi connectivity index (χ2n) is 7.93. The minimum absolute atomic E-state index is 0.134.